The number of urea groups is 1. The van der Waals surface area contributed by atoms with Gasteiger partial charge in [0, 0.05) is 30.3 Å². The molecule has 3 aromatic heterocycles. The number of amides is 2. The highest BCUT2D eigenvalue weighted by molar-refractivity contribution is 7.85. The number of nitrogens with zero attached hydrogens (tertiary/aromatic N) is 7. The minimum Gasteiger partial charge on any atom is -0.484 e. The number of amidine groups is 1. The minimum atomic E-state index is -3.56. The van der Waals surface area contributed by atoms with E-state index in [1.54, 1.807) is 12.3 Å². The van der Waals surface area contributed by atoms with Crippen LogP contribution in [0, 0.1) is 5.41 Å². The van der Waals surface area contributed by atoms with E-state index in [1.165, 1.54) is 17.3 Å². The largest absolute Gasteiger partial charge is 0.484 e. The Morgan fingerprint density at radius 2 is 1.82 bits per heavy atom. The van der Waals surface area contributed by atoms with Crippen molar-refractivity contribution in [3.8, 4) is 5.75 Å². The summed E-state index contributed by atoms with van der Waals surface area (Å²) in [4.78, 5) is 20.4. The number of aromatic nitrogens is 5. The molecular weight excluding hydrogens is 673 g/mol. The molecule has 2 atom stereocenters. The Labute approximate surface area is 298 Å². The van der Waals surface area contributed by atoms with Crippen LogP contribution in [0.5, 0.6) is 5.75 Å². The van der Waals surface area contributed by atoms with E-state index >= 15 is 0 Å². The van der Waals surface area contributed by atoms with Gasteiger partial charge in [-0.25, -0.2) is 9.79 Å². The van der Waals surface area contributed by atoms with Crippen LogP contribution in [0.15, 0.2) is 71.8 Å². The smallest absolute Gasteiger partial charge is 0.320 e. The number of aliphatic imine (C=N–C) groups is 1. The Morgan fingerprint density at radius 1 is 1.06 bits per heavy atom. The number of allylic oxidation sites excluding steroid dienone is 1. The van der Waals surface area contributed by atoms with Gasteiger partial charge in [-0.05, 0) is 55.4 Å². The summed E-state index contributed by atoms with van der Waals surface area (Å²) in [6, 6.07) is 11.1. The van der Waals surface area contributed by atoms with Crippen molar-refractivity contribution in [3.63, 3.8) is 0 Å². The summed E-state index contributed by atoms with van der Waals surface area (Å²) in [6.07, 6.45) is 12.4. The van der Waals surface area contributed by atoms with Crippen LogP contribution in [-0.2, 0) is 20.8 Å². The number of fused-ring (bicyclic) bond motifs is 2. The van der Waals surface area contributed by atoms with Crippen LogP contribution < -0.4 is 26.0 Å². The third-order valence-corrected chi connectivity index (χ3v) is 9.50. The standard InChI is InChI=1S/C35H46N10O5S/c1-35(2,3)30(36)20-31(38-24-21-37-44(22-24)18-19-49-51(4,47)48)40-33(46)39-28-13-14-29(27-11-7-6-10-26(27)28)50-25-12-15-32-41-42-34(45(32)23-25)43-16-8-5-9-17-43/h6-7,10-12,15,20-23,28-29H,5,8-9,13-14,16-19,36H2,1-4H3,(H2,38,39,40,46)/b30-20-/t28-,29+/m0/s1. The third-order valence-electron chi connectivity index (χ3n) is 8.90. The van der Waals surface area contributed by atoms with Crippen LogP contribution in [-0.4, -0.2) is 70.6 Å². The molecular formula is C35H46N10O5S. The van der Waals surface area contributed by atoms with Gasteiger partial charge in [0.1, 0.15) is 23.4 Å². The zero-order valence-electron chi connectivity index (χ0n) is 29.4. The molecule has 1 aliphatic carbocycles. The molecule has 4 aromatic rings. The molecule has 272 valence electrons. The van der Waals surface area contributed by atoms with Crippen LogP contribution in [0.4, 0.5) is 16.4 Å². The first-order chi connectivity index (χ1) is 24.3. The van der Waals surface area contributed by atoms with Gasteiger partial charge in [0.15, 0.2) is 5.65 Å². The Kier molecular flexibility index (Phi) is 10.6. The second-order valence-corrected chi connectivity index (χ2v) is 15.6. The molecule has 15 nitrogen and oxygen atoms in total. The molecule has 2 aliphatic rings. The van der Waals surface area contributed by atoms with Crippen LogP contribution in [0.2, 0.25) is 0 Å². The van der Waals surface area contributed by atoms with Gasteiger partial charge in [0.25, 0.3) is 10.1 Å². The number of nitrogens with one attached hydrogen (secondary N) is 2. The third kappa shape index (κ3) is 9.24. The first kappa shape index (κ1) is 35.9. The molecule has 4 heterocycles. The number of nitrogens with two attached hydrogens (primary N) is 1. The zero-order chi connectivity index (χ0) is 36.2. The van der Waals surface area contributed by atoms with Crippen molar-refractivity contribution in [3.05, 3.63) is 77.9 Å². The first-order valence-electron chi connectivity index (χ1n) is 17.2. The van der Waals surface area contributed by atoms with E-state index in [9.17, 15) is 13.2 Å². The normalized spacial score (nSPS) is 18.8. The Bertz CT molecular complexity index is 2020. The average molecular weight is 719 g/mol. The number of pyridine rings is 1. The fourth-order valence-corrected chi connectivity index (χ4v) is 6.53. The Balaban J connectivity index is 1.16. The van der Waals surface area contributed by atoms with E-state index in [4.69, 9.17) is 14.7 Å². The summed E-state index contributed by atoms with van der Waals surface area (Å²) in [7, 11) is -3.56. The first-order valence-corrected chi connectivity index (χ1v) is 19.0. The fraction of sp³-hybridized carbons (Fsp3) is 0.457. The van der Waals surface area contributed by atoms with Gasteiger partial charge in [-0.1, -0.05) is 45.0 Å². The quantitative estimate of drug-likeness (QED) is 0.117. The van der Waals surface area contributed by atoms with E-state index in [2.05, 4.69) is 35.8 Å². The van der Waals surface area contributed by atoms with Gasteiger partial charge in [0.2, 0.25) is 5.95 Å². The number of rotatable bonds is 10. The van der Waals surface area contributed by atoms with Crippen molar-refractivity contribution in [2.24, 2.45) is 16.1 Å². The molecule has 6 rings (SSSR count). The maximum Gasteiger partial charge on any atom is 0.320 e. The molecule has 2 amide bonds. The fourth-order valence-electron chi connectivity index (χ4n) is 6.15. The molecule has 0 saturated carbocycles. The Morgan fingerprint density at radius 3 is 2.57 bits per heavy atom. The Hall–Kier alpha value is -4.96. The minimum absolute atomic E-state index is 0.0696. The summed E-state index contributed by atoms with van der Waals surface area (Å²) in [5, 5.41) is 19.0. The van der Waals surface area contributed by atoms with Crippen LogP contribution in [0.1, 0.15) is 76.1 Å². The van der Waals surface area contributed by atoms with Crippen molar-refractivity contribution in [1.29, 1.82) is 0 Å². The summed E-state index contributed by atoms with van der Waals surface area (Å²) in [5.41, 5.74) is 9.72. The van der Waals surface area contributed by atoms with Crippen molar-refractivity contribution < 1.29 is 22.1 Å². The molecule has 1 saturated heterocycles. The number of hydrogen-bond donors (Lipinski definition) is 3. The monoisotopic (exact) mass is 718 g/mol. The molecule has 0 unspecified atom stereocenters. The van der Waals surface area contributed by atoms with E-state index in [0.29, 0.717) is 24.2 Å². The van der Waals surface area contributed by atoms with Gasteiger partial charge in [-0.15, -0.1) is 10.2 Å². The molecule has 0 spiro atoms. The van der Waals surface area contributed by atoms with Gasteiger partial charge in [0.05, 0.1) is 44.0 Å². The van der Waals surface area contributed by atoms with E-state index in [0.717, 1.165) is 60.7 Å². The zero-order valence-corrected chi connectivity index (χ0v) is 30.3. The average Bonchev–Trinajstić information content (AvgIpc) is 3.71. The second-order valence-electron chi connectivity index (χ2n) is 13.9. The lowest BCUT2D eigenvalue weighted by atomic mass is 9.85. The summed E-state index contributed by atoms with van der Waals surface area (Å²) < 4.78 is 37.5. The van der Waals surface area contributed by atoms with Crippen LogP contribution >= 0.6 is 0 Å². The number of benzene rings is 1. The highest BCUT2D eigenvalue weighted by atomic mass is 32.2. The van der Waals surface area contributed by atoms with Crippen LogP contribution in [0.25, 0.3) is 5.65 Å². The number of ether oxygens (including phenoxy) is 1. The van der Waals surface area contributed by atoms with E-state index in [-0.39, 0.29) is 36.5 Å². The predicted octanol–water partition coefficient (Wildman–Crippen LogP) is 4.77. The van der Waals surface area contributed by atoms with Gasteiger partial charge in [-0.2, -0.15) is 13.5 Å². The lowest BCUT2D eigenvalue weighted by Gasteiger charge is -2.32. The number of carbonyl (C=O) groups excluding carboxylic acids is 1. The summed E-state index contributed by atoms with van der Waals surface area (Å²) >= 11 is 0. The van der Waals surface area contributed by atoms with Gasteiger partial charge in [-0.3, -0.25) is 18.6 Å². The molecule has 16 heteroatoms. The topological polar surface area (TPSA) is 183 Å². The highest BCUT2D eigenvalue weighted by Crippen LogP contribution is 2.39. The maximum absolute atomic E-state index is 13.5. The van der Waals surface area contributed by atoms with Crippen molar-refractivity contribution in [2.45, 2.75) is 71.6 Å². The number of piperidine rings is 1. The molecule has 1 aromatic carbocycles. The molecule has 4 N–H and O–H groups in total. The van der Waals surface area contributed by atoms with E-state index in [1.807, 2.05) is 67.8 Å². The lowest BCUT2D eigenvalue weighted by molar-refractivity contribution is 0.171. The van der Waals surface area contributed by atoms with Crippen LogP contribution in [0.3, 0.4) is 0 Å². The van der Waals surface area contributed by atoms with Gasteiger partial charge < -0.3 is 20.7 Å². The molecule has 0 bridgehead atoms. The number of anilines is 1. The molecule has 51 heavy (non-hydrogen) atoms. The molecule has 1 aliphatic heterocycles. The maximum atomic E-state index is 13.5. The number of hydrogen-bond acceptors (Lipinski definition) is 11. The van der Waals surface area contributed by atoms with Crippen molar-refractivity contribution >= 4 is 39.3 Å². The van der Waals surface area contributed by atoms with Gasteiger partial charge >= 0.3 is 6.03 Å². The lowest BCUT2D eigenvalue weighted by Crippen LogP contribution is -2.42. The summed E-state index contributed by atoms with van der Waals surface area (Å²) in [5.74, 6) is 1.79. The molecule has 1 fully saturated rings. The number of carbonyl (C=O) groups is 1. The van der Waals surface area contributed by atoms with Crippen molar-refractivity contribution in [2.75, 3.05) is 30.9 Å². The SMILES string of the molecule is CC(C)(C)/C(N)=C/C(=Nc1cnn(CCOS(C)(=O)=O)c1)NC(=O)N[C@H]1CC[C@@H](Oc2ccc3nnc(N4CCCCC4)n3c2)c2ccccc21. The van der Waals surface area contributed by atoms with Crippen molar-refractivity contribution in [1.82, 2.24) is 35.0 Å². The predicted molar refractivity (Wildman–Crippen MR) is 194 cm³/mol. The summed E-state index contributed by atoms with van der Waals surface area (Å²) in [6.45, 7) is 7.95. The van der Waals surface area contributed by atoms with E-state index < -0.39 is 16.1 Å². The second kappa shape index (κ2) is 15.1. The molecule has 0 radical (unpaired) electrons. The highest BCUT2D eigenvalue weighted by Gasteiger charge is 2.30.